The molecule has 0 aliphatic heterocycles. The molecule has 15 heavy (non-hydrogen) atoms. The molecule has 0 unspecified atom stereocenters. The van der Waals surface area contributed by atoms with Crippen molar-refractivity contribution in [2.45, 2.75) is 12.7 Å². The third-order valence-electron chi connectivity index (χ3n) is 1.80. The van der Waals surface area contributed by atoms with Crippen molar-refractivity contribution in [3.05, 3.63) is 27.5 Å². The van der Waals surface area contributed by atoms with Crippen molar-refractivity contribution in [3.63, 3.8) is 0 Å². The first-order chi connectivity index (χ1) is 6.56. The first-order valence-electron chi connectivity index (χ1n) is 3.87. The molecule has 1 N–H and O–H groups in total. The summed E-state index contributed by atoms with van der Waals surface area (Å²) in [5.41, 5.74) is 1.93. The van der Waals surface area contributed by atoms with Crippen LogP contribution in [0.25, 0.3) is 6.08 Å². The lowest BCUT2D eigenvalue weighted by molar-refractivity contribution is 0.462. The van der Waals surface area contributed by atoms with E-state index in [2.05, 4.69) is 17.6 Å². The molecule has 0 radical (unpaired) electrons. The van der Waals surface area contributed by atoms with Crippen LogP contribution in [0.5, 0.6) is 5.75 Å². The Hall–Kier alpha value is -0.0900. The van der Waals surface area contributed by atoms with Crippen molar-refractivity contribution >= 4 is 54.3 Å². The fourth-order valence-electron chi connectivity index (χ4n) is 1.07. The van der Waals surface area contributed by atoms with Crippen molar-refractivity contribution in [2.75, 3.05) is 0 Å². The van der Waals surface area contributed by atoms with E-state index in [1.807, 2.05) is 0 Å². The van der Waals surface area contributed by atoms with Gasteiger partial charge in [-0.25, -0.2) is 0 Å². The number of hydrogen-bond donors (Lipinski definition) is 2. The molecule has 0 aliphatic carbocycles. The van der Waals surface area contributed by atoms with Crippen LogP contribution < -0.4 is 0 Å². The number of halogens is 3. The van der Waals surface area contributed by atoms with Crippen LogP contribution in [0.3, 0.4) is 0 Å². The summed E-state index contributed by atoms with van der Waals surface area (Å²) in [5, 5.41) is 9.66. The van der Waals surface area contributed by atoms with Crippen LogP contribution >= 0.6 is 48.2 Å². The van der Waals surface area contributed by atoms with Crippen LogP contribution in [-0.2, 0) is 5.75 Å². The Labute approximate surface area is 110 Å². The molecule has 0 aromatic carbocycles. The standard InChI is InChI=1S/C9H9Cl2NOS.ClH/c1-5-9(13)7(4-14)6(3-12-5)2-8(10)11;/h2-3,13-14H,4H2,1H3;1H. The molecule has 0 atom stereocenters. The summed E-state index contributed by atoms with van der Waals surface area (Å²) < 4.78 is 0.123. The van der Waals surface area contributed by atoms with Gasteiger partial charge in [0.2, 0.25) is 0 Å². The molecular weight excluding hydrogens is 277 g/mol. The highest BCUT2D eigenvalue weighted by Crippen LogP contribution is 2.27. The quantitative estimate of drug-likeness (QED) is 0.812. The maximum absolute atomic E-state index is 9.66. The molecule has 0 fully saturated rings. The van der Waals surface area contributed by atoms with Gasteiger partial charge in [-0.05, 0) is 13.0 Å². The number of aromatic hydroxyl groups is 1. The van der Waals surface area contributed by atoms with Crippen LogP contribution in [0.1, 0.15) is 16.8 Å². The SMILES string of the molecule is Cc1ncc(C=C(Cl)Cl)c(CS)c1O.Cl. The highest BCUT2D eigenvalue weighted by Gasteiger charge is 2.08. The van der Waals surface area contributed by atoms with Crippen molar-refractivity contribution < 1.29 is 5.11 Å². The Balaban J connectivity index is 0.00000196. The van der Waals surface area contributed by atoms with E-state index >= 15 is 0 Å². The molecule has 84 valence electrons. The topological polar surface area (TPSA) is 33.1 Å². The van der Waals surface area contributed by atoms with Gasteiger partial charge in [0.1, 0.15) is 10.2 Å². The lowest BCUT2D eigenvalue weighted by atomic mass is 10.1. The van der Waals surface area contributed by atoms with Crippen LogP contribution in [0.15, 0.2) is 10.7 Å². The van der Waals surface area contributed by atoms with Crippen LogP contribution in [0.2, 0.25) is 0 Å². The van der Waals surface area contributed by atoms with Crippen LogP contribution in [0.4, 0.5) is 0 Å². The normalized spacial score (nSPS) is 9.33. The maximum atomic E-state index is 9.66. The summed E-state index contributed by atoms with van der Waals surface area (Å²) in [6.07, 6.45) is 3.13. The fourth-order valence-corrected chi connectivity index (χ4v) is 1.64. The lowest BCUT2D eigenvalue weighted by Gasteiger charge is -2.07. The van der Waals surface area contributed by atoms with E-state index in [-0.39, 0.29) is 22.6 Å². The monoisotopic (exact) mass is 285 g/mol. The summed E-state index contributed by atoms with van der Waals surface area (Å²) in [6, 6.07) is 0. The first kappa shape index (κ1) is 14.9. The predicted molar refractivity (Wildman–Crippen MR) is 70.3 cm³/mol. The molecule has 1 aromatic heterocycles. The first-order valence-corrected chi connectivity index (χ1v) is 5.26. The molecule has 0 saturated heterocycles. The number of nitrogens with zero attached hydrogens (tertiary/aromatic N) is 1. The van der Waals surface area contributed by atoms with Gasteiger partial charge in [-0.3, -0.25) is 4.98 Å². The molecule has 1 aromatic rings. The molecule has 2 nitrogen and oxygen atoms in total. The zero-order valence-corrected chi connectivity index (χ0v) is 11.1. The van der Waals surface area contributed by atoms with Crippen molar-refractivity contribution in [1.29, 1.82) is 0 Å². The minimum Gasteiger partial charge on any atom is -0.506 e. The smallest absolute Gasteiger partial charge is 0.141 e. The second-order valence-electron chi connectivity index (χ2n) is 2.72. The van der Waals surface area contributed by atoms with E-state index in [1.165, 1.54) is 6.08 Å². The molecule has 0 amide bonds. The number of pyridine rings is 1. The molecule has 0 bridgehead atoms. The third-order valence-corrected chi connectivity index (χ3v) is 2.33. The Morgan fingerprint density at radius 2 is 2.20 bits per heavy atom. The van der Waals surface area contributed by atoms with Gasteiger partial charge in [0.25, 0.3) is 0 Å². The summed E-state index contributed by atoms with van der Waals surface area (Å²) in [7, 11) is 0. The number of thiol groups is 1. The van der Waals surface area contributed by atoms with Crippen LogP contribution in [-0.4, -0.2) is 10.1 Å². The molecule has 0 spiro atoms. The van der Waals surface area contributed by atoms with E-state index < -0.39 is 0 Å². The molecule has 1 heterocycles. The average molecular weight is 287 g/mol. The van der Waals surface area contributed by atoms with Gasteiger partial charge in [0.15, 0.2) is 0 Å². The van der Waals surface area contributed by atoms with Crippen LogP contribution in [0, 0.1) is 6.92 Å². The predicted octanol–water partition coefficient (Wildman–Crippen LogP) is 3.72. The maximum Gasteiger partial charge on any atom is 0.141 e. The number of aromatic nitrogens is 1. The summed E-state index contributed by atoms with van der Waals surface area (Å²) in [6.45, 7) is 1.72. The van der Waals surface area contributed by atoms with Crippen molar-refractivity contribution in [2.24, 2.45) is 0 Å². The number of hydrogen-bond acceptors (Lipinski definition) is 3. The van der Waals surface area contributed by atoms with E-state index in [9.17, 15) is 5.11 Å². The highest BCUT2D eigenvalue weighted by molar-refractivity contribution is 7.79. The lowest BCUT2D eigenvalue weighted by Crippen LogP contribution is -1.92. The molecular formula is C9H10Cl3NOS. The van der Waals surface area contributed by atoms with Gasteiger partial charge < -0.3 is 5.11 Å². The average Bonchev–Trinajstić information content (AvgIpc) is 2.11. The summed E-state index contributed by atoms with van der Waals surface area (Å²) in [5.74, 6) is 0.547. The highest BCUT2D eigenvalue weighted by atomic mass is 35.5. The molecule has 6 heteroatoms. The Bertz CT molecular complexity index is 378. The second-order valence-corrected chi connectivity index (χ2v) is 4.04. The zero-order chi connectivity index (χ0) is 10.7. The molecule has 1 rings (SSSR count). The van der Waals surface area contributed by atoms with E-state index in [0.29, 0.717) is 22.6 Å². The Morgan fingerprint density at radius 3 is 2.67 bits per heavy atom. The third kappa shape index (κ3) is 3.76. The number of rotatable bonds is 2. The van der Waals surface area contributed by atoms with Gasteiger partial charge >= 0.3 is 0 Å². The van der Waals surface area contributed by atoms with Gasteiger partial charge in [-0.15, -0.1) is 12.4 Å². The Kier molecular flexibility index (Phi) is 6.44. The second kappa shape index (κ2) is 6.48. The Morgan fingerprint density at radius 1 is 1.60 bits per heavy atom. The summed E-state index contributed by atoms with van der Waals surface area (Å²) in [4.78, 5) is 3.99. The van der Waals surface area contributed by atoms with Gasteiger partial charge in [-0.2, -0.15) is 12.6 Å². The van der Waals surface area contributed by atoms with E-state index in [4.69, 9.17) is 23.2 Å². The van der Waals surface area contributed by atoms with Gasteiger partial charge in [0.05, 0.1) is 5.69 Å². The zero-order valence-electron chi connectivity index (χ0n) is 7.87. The molecule has 0 aliphatic rings. The van der Waals surface area contributed by atoms with Crippen molar-refractivity contribution in [1.82, 2.24) is 4.98 Å². The minimum atomic E-state index is 0. The van der Waals surface area contributed by atoms with E-state index in [1.54, 1.807) is 13.1 Å². The fraction of sp³-hybridized carbons (Fsp3) is 0.222. The number of aryl methyl sites for hydroxylation is 1. The summed E-state index contributed by atoms with van der Waals surface area (Å²) >= 11 is 15.2. The van der Waals surface area contributed by atoms with Crippen molar-refractivity contribution in [3.8, 4) is 5.75 Å². The molecule has 0 saturated carbocycles. The van der Waals surface area contributed by atoms with Gasteiger partial charge in [0, 0.05) is 23.1 Å². The van der Waals surface area contributed by atoms with E-state index in [0.717, 1.165) is 0 Å². The largest absolute Gasteiger partial charge is 0.506 e. The van der Waals surface area contributed by atoms with Gasteiger partial charge in [-0.1, -0.05) is 23.2 Å². The minimum absolute atomic E-state index is 0.